The lowest BCUT2D eigenvalue weighted by molar-refractivity contribution is -0.274. The molecule has 0 unspecified atom stereocenters. The predicted octanol–water partition coefficient (Wildman–Crippen LogP) is 7.10. The van der Waals surface area contributed by atoms with Crippen LogP contribution in [0.25, 0.3) is 32.9 Å². The molecule has 0 saturated carbocycles. The monoisotopic (exact) mass is 662 g/mol. The van der Waals surface area contributed by atoms with Crippen LogP contribution in [0.2, 0.25) is 0 Å². The molecular weight excluding hydrogens is 644 g/mol. The van der Waals surface area contributed by atoms with E-state index in [1.807, 2.05) is 36.4 Å². The lowest BCUT2D eigenvalue weighted by Gasteiger charge is -2.09. The Bertz CT molecular complexity index is 1710. The van der Waals surface area contributed by atoms with Gasteiger partial charge in [0.15, 0.2) is 0 Å². The molecular formula is C26H18F3IN6O2S. The van der Waals surface area contributed by atoms with Gasteiger partial charge < -0.3 is 4.74 Å². The highest BCUT2D eigenvalue weighted by Gasteiger charge is 2.31. The highest BCUT2D eigenvalue weighted by Crippen LogP contribution is 2.34. The van der Waals surface area contributed by atoms with Crippen molar-refractivity contribution >= 4 is 74.5 Å². The first-order chi connectivity index (χ1) is 18.7. The van der Waals surface area contributed by atoms with Crippen molar-refractivity contribution in [3.05, 3.63) is 82.1 Å². The van der Waals surface area contributed by atoms with Gasteiger partial charge in [-0.15, -0.1) is 13.2 Å². The van der Waals surface area contributed by atoms with Crippen LogP contribution in [0.4, 0.5) is 23.8 Å². The van der Waals surface area contributed by atoms with Crippen molar-refractivity contribution in [3.8, 4) is 17.0 Å². The van der Waals surface area contributed by atoms with Gasteiger partial charge >= 0.3 is 12.4 Å². The minimum atomic E-state index is -4.74. The molecule has 5 aromatic rings. The molecule has 8 nitrogen and oxygen atoms in total. The van der Waals surface area contributed by atoms with Gasteiger partial charge in [0, 0.05) is 35.8 Å². The summed E-state index contributed by atoms with van der Waals surface area (Å²) in [5.41, 5.74) is 3.08. The lowest BCUT2D eigenvalue weighted by atomic mass is 10.0. The zero-order chi connectivity index (χ0) is 27.6. The summed E-state index contributed by atoms with van der Waals surface area (Å²) in [7, 11) is 1.79. The van der Waals surface area contributed by atoms with Crippen molar-refractivity contribution in [1.29, 1.82) is 0 Å². The fourth-order valence-corrected chi connectivity index (χ4v) is 4.85. The highest BCUT2D eigenvalue weighted by atomic mass is 127. The highest BCUT2D eigenvalue weighted by molar-refractivity contribution is 14.1. The number of nitrogens with one attached hydrogen (secondary N) is 2. The number of benzene rings is 3. The Kier molecular flexibility index (Phi) is 7.61. The molecule has 0 aliphatic carbocycles. The van der Waals surface area contributed by atoms with Crippen LogP contribution < -0.4 is 14.8 Å². The van der Waals surface area contributed by atoms with Crippen LogP contribution >= 0.6 is 34.7 Å². The Morgan fingerprint density at radius 1 is 1.10 bits per heavy atom. The topological polar surface area (TPSA) is 93.4 Å². The van der Waals surface area contributed by atoms with Gasteiger partial charge in [-0.1, -0.05) is 18.2 Å². The second-order valence-corrected chi connectivity index (χ2v) is 9.96. The molecule has 0 radical (unpaired) electrons. The van der Waals surface area contributed by atoms with Crippen LogP contribution in [-0.4, -0.2) is 33.4 Å². The van der Waals surface area contributed by atoms with E-state index in [0.717, 1.165) is 48.6 Å². The number of carbonyl (C=O) groups is 1. The molecule has 0 aliphatic rings. The van der Waals surface area contributed by atoms with E-state index in [2.05, 4.69) is 51.8 Å². The molecule has 2 N–H and O–H groups in total. The molecule has 0 fully saturated rings. The second kappa shape index (κ2) is 11.1. The third kappa shape index (κ3) is 6.25. The van der Waals surface area contributed by atoms with Crippen molar-refractivity contribution in [2.24, 2.45) is 11.4 Å². The van der Waals surface area contributed by atoms with Crippen LogP contribution in [0.15, 0.2) is 77.3 Å². The number of aromatic nitrogens is 3. The number of rotatable bonds is 6. The lowest BCUT2D eigenvalue weighted by Crippen LogP contribution is -2.23. The Morgan fingerprint density at radius 3 is 2.62 bits per heavy atom. The normalized spacial score (nSPS) is 11.8. The number of pyridine rings is 1. The van der Waals surface area contributed by atoms with E-state index >= 15 is 0 Å². The number of aryl methyl sites for hydroxylation is 1. The molecule has 3 aromatic carbocycles. The minimum absolute atomic E-state index is 0.283. The van der Waals surface area contributed by atoms with Crippen LogP contribution in [0.5, 0.6) is 5.75 Å². The fourth-order valence-electron chi connectivity index (χ4n) is 4.01. The number of alkyl halides is 3. The van der Waals surface area contributed by atoms with E-state index in [4.69, 9.17) is 0 Å². The fraction of sp³-hybridized carbons (Fsp3) is 0.0769. The second-order valence-electron chi connectivity index (χ2n) is 8.20. The average molecular weight is 662 g/mol. The molecule has 0 aliphatic heterocycles. The van der Waals surface area contributed by atoms with E-state index < -0.39 is 12.4 Å². The number of anilines is 1. The third-order valence-electron chi connectivity index (χ3n) is 5.59. The first-order valence-electron chi connectivity index (χ1n) is 11.3. The zero-order valence-electron chi connectivity index (χ0n) is 20.0. The van der Waals surface area contributed by atoms with Crippen molar-refractivity contribution in [3.63, 3.8) is 0 Å². The maximum Gasteiger partial charge on any atom is 0.573 e. The average Bonchev–Trinajstić information content (AvgIpc) is 3.23. The zero-order valence-corrected chi connectivity index (χ0v) is 23.0. The Hall–Kier alpha value is -3.85. The van der Waals surface area contributed by atoms with Crippen LogP contribution in [0, 0.1) is 3.57 Å². The number of carbonyl (C=O) groups excluding carboxylic acids is 1. The Morgan fingerprint density at radius 2 is 1.87 bits per heavy atom. The maximum atomic E-state index is 12.5. The maximum absolute atomic E-state index is 12.5. The summed E-state index contributed by atoms with van der Waals surface area (Å²) in [4.78, 5) is 16.2. The number of urea groups is 1. The van der Waals surface area contributed by atoms with E-state index in [0.29, 0.717) is 11.4 Å². The Balaban J connectivity index is 1.31. The van der Waals surface area contributed by atoms with E-state index in [-0.39, 0.29) is 5.75 Å². The molecule has 0 bridgehead atoms. The van der Waals surface area contributed by atoms with Gasteiger partial charge in [0.1, 0.15) is 17.1 Å². The molecule has 0 spiro atoms. The molecule has 39 heavy (non-hydrogen) atoms. The number of amides is 2. The van der Waals surface area contributed by atoms with Crippen molar-refractivity contribution in [2.75, 3.05) is 5.32 Å². The van der Waals surface area contributed by atoms with Gasteiger partial charge in [0.05, 0.1) is 21.4 Å². The van der Waals surface area contributed by atoms with Crippen LogP contribution in [-0.2, 0) is 7.05 Å². The van der Waals surface area contributed by atoms with E-state index in [1.54, 1.807) is 42.3 Å². The van der Waals surface area contributed by atoms with Crippen LogP contribution in [0.3, 0.4) is 0 Å². The van der Waals surface area contributed by atoms with Gasteiger partial charge in [-0.2, -0.15) is 5.10 Å². The summed E-state index contributed by atoms with van der Waals surface area (Å²) in [5.74, 6) is 0.181. The molecule has 0 atom stereocenters. The van der Waals surface area contributed by atoms with E-state index in [1.165, 1.54) is 12.1 Å². The van der Waals surface area contributed by atoms with Crippen LogP contribution in [0.1, 0.15) is 5.56 Å². The summed E-state index contributed by atoms with van der Waals surface area (Å²) in [5, 5.41) is 10.0. The first-order valence-corrected chi connectivity index (χ1v) is 13.2. The first kappa shape index (κ1) is 26.7. The van der Waals surface area contributed by atoms with Gasteiger partial charge in [-0.25, -0.2) is 14.2 Å². The molecule has 0 saturated heterocycles. The number of hydrogen-bond donors (Lipinski definition) is 2. The summed E-state index contributed by atoms with van der Waals surface area (Å²) >= 11 is 2.97. The smallest absolute Gasteiger partial charge is 0.406 e. The van der Waals surface area contributed by atoms with Crippen molar-refractivity contribution in [2.45, 2.75) is 6.36 Å². The SMILES string of the molecule is Cn1nc2c(ccc3cc(/C=N/SNC(=O)Nc4ncccc4I)ccc32)c1-c1ccc(OC(F)(F)F)cc1. The summed E-state index contributed by atoms with van der Waals surface area (Å²) < 4.78 is 50.8. The molecule has 2 heterocycles. The number of halogens is 4. The van der Waals surface area contributed by atoms with Gasteiger partial charge in [0.25, 0.3) is 0 Å². The van der Waals surface area contributed by atoms with Crippen molar-refractivity contribution < 1.29 is 22.7 Å². The third-order valence-corrected chi connectivity index (χ3v) is 6.95. The molecule has 2 amide bonds. The molecule has 198 valence electrons. The summed E-state index contributed by atoms with van der Waals surface area (Å²) in [6.45, 7) is 0. The Labute approximate surface area is 238 Å². The minimum Gasteiger partial charge on any atom is -0.406 e. The molecule has 2 aromatic heterocycles. The molecule has 5 rings (SSSR count). The predicted molar refractivity (Wildman–Crippen MR) is 155 cm³/mol. The van der Waals surface area contributed by atoms with E-state index in [9.17, 15) is 18.0 Å². The summed E-state index contributed by atoms with van der Waals surface area (Å²) in [6, 6.07) is 18.5. The number of nitrogens with zero attached hydrogens (tertiary/aromatic N) is 4. The molecule has 13 heteroatoms. The number of hydrogen-bond acceptors (Lipinski definition) is 6. The van der Waals surface area contributed by atoms with Crippen molar-refractivity contribution in [1.82, 2.24) is 19.5 Å². The largest absolute Gasteiger partial charge is 0.573 e. The number of ether oxygens (including phenoxy) is 1. The number of fused-ring (bicyclic) bond motifs is 3. The van der Waals surface area contributed by atoms with Gasteiger partial charge in [-0.05, 0) is 82.1 Å². The summed E-state index contributed by atoms with van der Waals surface area (Å²) in [6.07, 6.45) is -1.52. The van der Waals surface area contributed by atoms with Gasteiger partial charge in [-0.3, -0.25) is 14.7 Å². The standard InChI is InChI=1S/C26H18F3IN6O2S/c1-36-23(16-5-8-18(9-6-16)38-26(27,28)29)20-11-7-17-13-15(4-10-19(17)22(20)34-36)14-32-39-35-25(37)33-24-21(30)3-2-12-31-24/h2-14H,1H3,(H2,31,33,35,37)/b32-14+. The quantitative estimate of drug-likeness (QED) is 0.115. The van der Waals surface area contributed by atoms with Gasteiger partial charge in [0.2, 0.25) is 0 Å².